The second kappa shape index (κ2) is 5.82. The van der Waals surface area contributed by atoms with E-state index in [1.54, 1.807) is 0 Å². The van der Waals surface area contributed by atoms with Gasteiger partial charge in [0.25, 0.3) is 0 Å². The smallest absolute Gasteiger partial charge is 0.240 e. The Labute approximate surface area is 117 Å². The van der Waals surface area contributed by atoms with Gasteiger partial charge in [-0.1, -0.05) is 19.8 Å². The first-order valence-electron chi connectivity index (χ1n) is 8.31. The molecule has 1 N–H and O–H groups in total. The monoisotopic (exact) mass is 264 g/mol. The third-order valence-electron chi connectivity index (χ3n) is 5.56. The van der Waals surface area contributed by atoms with E-state index >= 15 is 0 Å². The van der Waals surface area contributed by atoms with E-state index in [1.807, 2.05) is 0 Å². The highest BCUT2D eigenvalue weighted by Gasteiger charge is 2.39. The summed E-state index contributed by atoms with van der Waals surface area (Å²) < 4.78 is 0. The second-order valence-electron chi connectivity index (χ2n) is 6.84. The molecule has 3 heteroatoms. The van der Waals surface area contributed by atoms with Gasteiger partial charge in [-0.25, -0.2) is 0 Å². The Morgan fingerprint density at radius 3 is 2.68 bits per heavy atom. The van der Waals surface area contributed by atoms with Crippen LogP contribution in [-0.2, 0) is 4.79 Å². The van der Waals surface area contributed by atoms with Gasteiger partial charge in [-0.05, 0) is 56.9 Å². The van der Waals surface area contributed by atoms with E-state index < -0.39 is 0 Å². The largest absolute Gasteiger partial charge is 0.338 e. The van der Waals surface area contributed by atoms with Gasteiger partial charge in [0.2, 0.25) is 5.91 Å². The molecule has 2 heterocycles. The summed E-state index contributed by atoms with van der Waals surface area (Å²) in [5, 5.41) is 3.47. The lowest BCUT2D eigenvalue weighted by atomic mass is 9.77. The van der Waals surface area contributed by atoms with E-state index in [0.717, 1.165) is 19.0 Å². The van der Waals surface area contributed by atoms with Gasteiger partial charge in [0, 0.05) is 12.6 Å². The standard InChI is InChI=1S/C16H28N2O/c1-12-6-4-10-17-15(12)16(19)18-11-5-8-13-7-2-3-9-14(13)18/h12-15,17H,2-11H2,1H3. The van der Waals surface area contributed by atoms with Crippen molar-refractivity contribution in [1.29, 1.82) is 0 Å². The molecule has 1 saturated carbocycles. The van der Waals surface area contributed by atoms with Gasteiger partial charge in [0.15, 0.2) is 0 Å². The molecule has 0 radical (unpaired) electrons. The first kappa shape index (κ1) is 13.4. The highest BCUT2D eigenvalue weighted by molar-refractivity contribution is 5.82. The Balaban J connectivity index is 1.70. The van der Waals surface area contributed by atoms with Gasteiger partial charge < -0.3 is 10.2 Å². The highest BCUT2D eigenvalue weighted by Crippen LogP contribution is 2.36. The molecule has 0 aromatic rings. The van der Waals surface area contributed by atoms with E-state index in [9.17, 15) is 4.79 Å². The SMILES string of the molecule is CC1CCCNC1C(=O)N1CCCC2CCCCC21. The third kappa shape index (κ3) is 2.67. The summed E-state index contributed by atoms with van der Waals surface area (Å²) in [7, 11) is 0. The number of amides is 1. The molecule has 0 spiro atoms. The quantitative estimate of drug-likeness (QED) is 0.789. The molecule has 1 aliphatic carbocycles. The summed E-state index contributed by atoms with van der Waals surface area (Å²) in [4.78, 5) is 15.1. The number of nitrogens with one attached hydrogen (secondary N) is 1. The summed E-state index contributed by atoms with van der Waals surface area (Å²) in [5.41, 5.74) is 0. The summed E-state index contributed by atoms with van der Waals surface area (Å²) in [6.45, 7) is 4.25. The minimum absolute atomic E-state index is 0.0921. The van der Waals surface area contributed by atoms with Crippen LogP contribution in [0.25, 0.3) is 0 Å². The van der Waals surface area contributed by atoms with Crippen molar-refractivity contribution in [3.05, 3.63) is 0 Å². The first-order chi connectivity index (χ1) is 9.27. The Morgan fingerprint density at radius 2 is 1.84 bits per heavy atom. The lowest BCUT2D eigenvalue weighted by Gasteiger charge is -2.46. The van der Waals surface area contributed by atoms with Crippen LogP contribution in [0.4, 0.5) is 0 Å². The van der Waals surface area contributed by atoms with Crippen LogP contribution in [0.1, 0.15) is 58.3 Å². The van der Waals surface area contributed by atoms with Crippen molar-refractivity contribution < 1.29 is 4.79 Å². The number of hydrogen-bond donors (Lipinski definition) is 1. The van der Waals surface area contributed by atoms with Gasteiger partial charge in [0.05, 0.1) is 6.04 Å². The number of carbonyl (C=O) groups is 1. The van der Waals surface area contributed by atoms with Crippen LogP contribution in [-0.4, -0.2) is 36.0 Å². The molecule has 3 aliphatic rings. The predicted octanol–water partition coefficient (Wildman–Crippen LogP) is 2.56. The number of likely N-dealkylation sites (tertiary alicyclic amines) is 1. The predicted molar refractivity (Wildman–Crippen MR) is 76.9 cm³/mol. The molecule has 4 atom stereocenters. The fourth-order valence-corrected chi connectivity index (χ4v) is 4.46. The minimum Gasteiger partial charge on any atom is -0.338 e. The molecule has 2 aliphatic heterocycles. The van der Waals surface area contributed by atoms with Crippen LogP contribution in [0.3, 0.4) is 0 Å². The maximum atomic E-state index is 12.9. The number of carbonyl (C=O) groups excluding carboxylic acids is 1. The maximum Gasteiger partial charge on any atom is 0.240 e. The topological polar surface area (TPSA) is 32.3 Å². The van der Waals surface area contributed by atoms with Crippen molar-refractivity contribution in [3.63, 3.8) is 0 Å². The molecule has 0 bridgehead atoms. The summed E-state index contributed by atoms with van der Waals surface area (Å²) in [5.74, 6) is 1.71. The molecule has 3 rings (SSSR count). The van der Waals surface area contributed by atoms with E-state index in [2.05, 4.69) is 17.1 Å². The van der Waals surface area contributed by atoms with Gasteiger partial charge in [-0.15, -0.1) is 0 Å². The van der Waals surface area contributed by atoms with Crippen LogP contribution in [0.2, 0.25) is 0 Å². The maximum absolute atomic E-state index is 12.9. The summed E-state index contributed by atoms with van der Waals surface area (Å²) in [6.07, 6.45) is 10.3. The van der Waals surface area contributed by atoms with Crippen molar-refractivity contribution in [2.45, 2.75) is 70.4 Å². The van der Waals surface area contributed by atoms with Crippen LogP contribution in [0, 0.1) is 11.8 Å². The molecule has 1 amide bonds. The molecule has 3 fully saturated rings. The van der Waals surface area contributed by atoms with Crippen LogP contribution < -0.4 is 5.32 Å². The van der Waals surface area contributed by atoms with E-state index in [0.29, 0.717) is 17.9 Å². The van der Waals surface area contributed by atoms with Crippen LogP contribution in [0.5, 0.6) is 0 Å². The number of hydrogen-bond acceptors (Lipinski definition) is 2. The Hall–Kier alpha value is -0.570. The molecular formula is C16H28N2O. The molecular weight excluding hydrogens is 236 g/mol. The first-order valence-corrected chi connectivity index (χ1v) is 8.31. The fourth-order valence-electron chi connectivity index (χ4n) is 4.46. The molecule has 4 unspecified atom stereocenters. The minimum atomic E-state index is 0.0921. The van der Waals surface area contributed by atoms with Crippen molar-refractivity contribution in [1.82, 2.24) is 10.2 Å². The van der Waals surface area contributed by atoms with Gasteiger partial charge in [-0.2, -0.15) is 0 Å². The fraction of sp³-hybridized carbons (Fsp3) is 0.938. The lowest BCUT2D eigenvalue weighted by Crippen LogP contribution is -2.58. The number of fused-ring (bicyclic) bond motifs is 1. The third-order valence-corrected chi connectivity index (χ3v) is 5.56. The van der Waals surface area contributed by atoms with Gasteiger partial charge in [0.1, 0.15) is 0 Å². The van der Waals surface area contributed by atoms with E-state index in [1.165, 1.54) is 51.4 Å². The highest BCUT2D eigenvalue weighted by atomic mass is 16.2. The van der Waals surface area contributed by atoms with Crippen molar-refractivity contribution in [2.24, 2.45) is 11.8 Å². The normalized spacial score (nSPS) is 39.7. The van der Waals surface area contributed by atoms with E-state index in [4.69, 9.17) is 0 Å². The number of piperidine rings is 2. The van der Waals surface area contributed by atoms with E-state index in [-0.39, 0.29) is 6.04 Å². The second-order valence-corrected chi connectivity index (χ2v) is 6.84. The zero-order chi connectivity index (χ0) is 13.2. The van der Waals surface area contributed by atoms with Crippen LogP contribution >= 0.6 is 0 Å². The average molecular weight is 264 g/mol. The summed E-state index contributed by atoms with van der Waals surface area (Å²) >= 11 is 0. The Bertz CT molecular complexity index is 329. The molecule has 0 aromatic carbocycles. The molecule has 19 heavy (non-hydrogen) atoms. The van der Waals surface area contributed by atoms with Crippen molar-refractivity contribution >= 4 is 5.91 Å². The van der Waals surface area contributed by atoms with Crippen LogP contribution in [0.15, 0.2) is 0 Å². The molecule has 2 saturated heterocycles. The van der Waals surface area contributed by atoms with Crippen molar-refractivity contribution in [3.8, 4) is 0 Å². The number of rotatable bonds is 1. The average Bonchev–Trinajstić information content (AvgIpc) is 2.46. The number of nitrogens with zero attached hydrogens (tertiary/aromatic N) is 1. The van der Waals surface area contributed by atoms with Gasteiger partial charge in [-0.3, -0.25) is 4.79 Å². The zero-order valence-electron chi connectivity index (χ0n) is 12.2. The molecule has 108 valence electrons. The lowest BCUT2D eigenvalue weighted by molar-refractivity contribution is -0.141. The van der Waals surface area contributed by atoms with Gasteiger partial charge >= 0.3 is 0 Å². The zero-order valence-corrected chi connectivity index (χ0v) is 12.2. The van der Waals surface area contributed by atoms with Crippen molar-refractivity contribution in [2.75, 3.05) is 13.1 Å². The Morgan fingerprint density at radius 1 is 1.05 bits per heavy atom. The molecule has 0 aromatic heterocycles. The molecule has 3 nitrogen and oxygen atoms in total. The summed E-state index contributed by atoms with van der Waals surface area (Å²) in [6, 6.07) is 0.653. The Kier molecular flexibility index (Phi) is 4.11.